The van der Waals surface area contributed by atoms with Gasteiger partial charge in [-0.1, -0.05) is 71.7 Å². The van der Waals surface area contributed by atoms with Crippen molar-refractivity contribution < 1.29 is 28.6 Å². The summed E-state index contributed by atoms with van der Waals surface area (Å²) < 4.78 is 21.3. The highest BCUT2D eigenvalue weighted by atomic mass is 35.5. The number of carbonyl (C=O) groups is 3. The Bertz CT molecular complexity index is 2710. The molecule has 6 aromatic rings. The molecular formula is C53H62Cl2N6O6S2. The fourth-order valence-corrected chi connectivity index (χ4v) is 11.9. The van der Waals surface area contributed by atoms with Gasteiger partial charge in [0.05, 0.1) is 56.2 Å². The van der Waals surface area contributed by atoms with E-state index in [1.165, 1.54) is 31.8 Å². The van der Waals surface area contributed by atoms with Crippen LogP contribution in [-0.4, -0.2) is 89.5 Å². The number of likely N-dealkylation sites (tertiary alicyclic amines) is 1. The van der Waals surface area contributed by atoms with Gasteiger partial charge in [0, 0.05) is 47.8 Å². The average Bonchev–Trinajstić information content (AvgIpc) is 4.20. The summed E-state index contributed by atoms with van der Waals surface area (Å²) in [5.41, 5.74) is 6.81. The number of aromatic nitrogens is 4. The first kappa shape index (κ1) is 50.7. The molecule has 16 heteroatoms. The summed E-state index contributed by atoms with van der Waals surface area (Å²) in [4.78, 5) is 44.5. The van der Waals surface area contributed by atoms with Gasteiger partial charge in [-0.2, -0.15) is 10.2 Å². The standard InChI is InChI=1S/C34H36ClN3O4S.C19H26ClN3O2S/c1-34(2,21-41-3)32(39)38-22(14-15-23-16-17-31(35)43-23)19-29(36-38)30-13-8-18-37(30)33(40)42-20-28-26-11-6-4-9-24(26)25-10-5-7-12-27(25)28;1-19(2,12-25-3)18(24)23-13(6-7-14-8-9-17(20)26-14)11-16(22-23)15-5-4-10-21-15/h4-7,9-12,16-17,19,28,30H,8,13-15,18,20-21H2,1-3H3;8-9,11,15,21H,4-7,10,12H2,1-3H3. The Morgan fingerprint density at radius 1 is 0.696 bits per heavy atom. The molecule has 366 valence electrons. The maximum atomic E-state index is 13.7. The third-order valence-corrected chi connectivity index (χ3v) is 15.8. The normalized spacial score (nSPS) is 16.9. The van der Waals surface area contributed by atoms with Crippen molar-refractivity contribution in [2.24, 2.45) is 10.8 Å². The predicted octanol–water partition coefficient (Wildman–Crippen LogP) is 11.9. The molecule has 69 heavy (non-hydrogen) atoms. The number of methoxy groups -OCH3 is 2. The van der Waals surface area contributed by atoms with Crippen LogP contribution in [0.25, 0.3) is 11.1 Å². The first-order valence-electron chi connectivity index (χ1n) is 23.8. The molecule has 1 aliphatic carbocycles. The van der Waals surface area contributed by atoms with Gasteiger partial charge in [-0.3, -0.25) is 14.5 Å². The Labute approximate surface area is 423 Å². The van der Waals surface area contributed by atoms with Crippen LogP contribution in [0.4, 0.5) is 4.79 Å². The first-order chi connectivity index (χ1) is 33.2. The highest BCUT2D eigenvalue weighted by Gasteiger charge is 2.38. The lowest BCUT2D eigenvalue weighted by molar-refractivity contribution is 0.0516. The van der Waals surface area contributed by atoms with Crippen molar-refractivity contribution in [2.75, 3.05) is 47.1 Å². The number of thiophene rings is 2. The zero-order valence-electron chi connectivity index (χ0n) is 40.3. The van der Waals surface area contributed by atoms with E-state index in [1.807, 2.05) is 82.3 Å². The third kappa shape index (κ3) is 11.6. The molecule has 12 nitrogen and oxygen atoms in total. The topological polar surface area (TPSA) is 130 Å². The molecule has 0 bridgehead atoms. The molecule has 2 unspecified atom stereocenters. The number of ether oxygens (including phenoxy) is 3. The van der Waals surface area contributed by atoms with Gasteiger partial charge < -0.3 is 19.5 Å². The summed E-state index contributed by atoms with van der Waals surface area (Å²) in [6.07, 6.45) is 6.42. The molecule has 2 aliphatic heterocycles. The Morgan fingerprint density at radius 3 is 1.71 bits per heavy atom. The molecule has 2 saturated heterocycles. The van der Waals surface area contributed by atoms with Crippen LogP contribution >= 0.6 is 45.9 Å². The van der Waals surface area contributed by atoms with Crippen LogP contribution in [0.15, 0.2) is 84.9 Å². The van der Waals surface area contributed by atoms with E-state index in [4.69, 9.17) is 42.5 Å². The van der Waals surface area contributed by atoms with Gasteiger partial charge in [0.2, 0.25) is 0 Å². The predicted molar refractivity (Wildman–Crippen MR) is 274 cm³/mol. The van der Waals surface area contributed by atoms with Gasteiger partial charge in [0.15, 0.2) is 0 Å². The Hall–Kier alpha value is -4.67. The van der Waals surface area contributed by atoms with E-state index in [0.29, 0.717) is 25.3 Å². The average molecular weight is 1010 g/mol. The molecule has 0 radical (unpaired) electrons. The summed E-state index contributed by atoms with van der Waals surface area (Å²) in [6, 6.07) is 28.6. The highest BCUT2D eigenvalue weighted by molar-refractivity contribution is 7.16. The summed E-state index contributed by atoms with van der Waals surface area (Å²) >= 11 is 15.3. The first-order valence-corrected chi connectivity index (χ1v) is 26.1. The second-order valence-corrected chi connectivity index (χ2v) is 23.0. The monoisotopic (exact) mass is 1010 g/mol. The van der Waals surface area contributed by atoms with Crippen molar-refractivity contribution in [1.82, 2.24) is 29.8 Å². The molecule has 9 rings (SSSR count). The minimum Gasteiger partial charge on any atom is -0.448 e. The molecule has 0 spiro atoms. The number of rotatable bonds is 16. The maximum Gasteiger partial charge on any atom is 0.410 e. The van der Waals surface area contributed by atoms with Crippen LogP contribution in [-0.2, 0) is 39.9 Å². The lowest BCUT2D eigenvalue weighted by Crippen LogP contribution is -2.36. The molecule has 2 atom stereocenters. The number of aryl methyl sites for hydroxylation is 4. The third-order valence-electron chi connectivity index (χ3n) is 13.3. The van der Waals surface area contributed by atoms with Crippen molar-refractivity contribution in [3.63, 3.8) is 0 Å². The van der Waals surface area contributed by atoms with Crippen LogP contribution in [0.1, 0.15) is 125 Å². The van der Waals surface area contributed by atoms with Gasteiger partial charge >= 0.3 is 6.09 Å². The minimum absolute atomic E-state index is 0.00499. The zero-order valence-corrected chi connectivity index (χ0v) is 43.4. The fraction of sp³-hybridized carbons (Fsp3) is 0.453. The highest BCUT2D eigenvalue weighted by Crippen LogP contribution is 2.45. The second kappa shape index (κ2) is 22.2. The minimum atomic E-state index is -0.763. The van der Waals surface area contributed by atoms with Crippen molar-refractivity contribution in [3.05, 3.63) is 137 Å². The molecule has 2 aromatic carbocycles. The van der Waals surface area contributed by atoms with E-state index >= 15 is 0 Å². The zero-order chi connectivity index (χ0) is 48.9. The summed E-state index contributed by atoms with van der Waals surface area (Å²) in [5, 5.41) is 13.0. The van der Waals surface area contributed by atoms with Crippen molar-refractivity contribution in [2.45, 2.75) is 97.1 Å². The number of carbonyl (C=O) groups excluding carboxylic acids is 3. The van der Waals surface area contributed by atoms with Crippen molar-refractivity contribution in [1.29, 1.82) is 0 Å². The second-order valence-electron chi connectivity index (χ2n) is 19.4. The lowest BCUT2D eigenvalue weighted by atomic mass is 9.93. The van der Waals surface area contributed by atoms with E-state index < -0.39 is 10.8 Å². The number of fused-ring (bicyclic) bond motifs is 3. The maximum absolute atomic E-state index is 13.7. The van der Waals surface area contributed by atoms with E-state index in [1.54, 1.807) is 46.5 Å². The number of halogens is 2. The molecular weight excluding hydrogens is 952 g/mol. The summed E-state index contributed by atoms with van der Waals surface area (Å²) in [7, 11) is 3.21. The summed E-state index contributed by atoms with van der Waals surface area (Å²) in [5.74, 6) is -0.164. The number of hydrogen-bond donors (Lipinski definition) is 1. The van der Waals surface area contributed by atoms with E-state index in [2.05, 4.69) is 40.7 Å². The van der Waals surface area contributed by atoms with Gasteiger partial charge in [-0.05, 0) is 144 Å². The van der Waals surface area contributed by atoms with Crippen LogP contribution in [0.2, 0.25) is 8.67 Å². The molecule has 6 heterocycles. The van der Waals surface area contributed by atoms with Gasteiger partial charge in [0.1, 0.15) is 6.61 Å². The molecule has 1 N–H and O–H groups in total. The number of hydrogen-bond acceptors (Lipinski definition) is 11. The van der Waals surface area contributed by atoms with Gasteiger partial charge in [-0.25, -0.2) is 14.2 Å². The lowest BCUT2D eigenvalue weighted by Gasteiger charge is -2.24. The SMILES string of the molecule is COCC(C)(C)C(=O)n1nc(C2CCCN2)cc1CCc1ccc(Cl)s1.COCC(C)(C)C(=O)n1nc(C2CCCN2C(=O)OCC2c3ccccc3-c3ccccc32)cc1CCc1ccc(Cl)s1. The molecule has 4 aromatic heterocycles. The van der Waals surface area contributed by atoms with E-state index in [9.17, 15) is 14.4 Å². The quantitative estimate of drug-likeness (QED) is 0.101. The number of nitrogens with zero attached hydrogens (tertiary/aromatic N) is 5. The van der Waals surface area contributed by atoms with Crippen LogP contribution in [0.5, 0.6) is 0 Å². The van der Waals surface area contributed by atoms with Crippen LogP contribution in [0.3, 0.4) is 0 Å². The number of nitrogens with one attached hydrogen (secondary N) is 1. The molecule has 2 fully saturated rings. The largest absolute Gasteiger partial charge is 0.448 e. The Morgan fingerprint density at radius 2 is 1.22 bits per heavy atom. The van der Waals surface area contributed by atoms with Crippen LogP contribution < -0.4 is 5.32 Å². The smallest absolute Gasteiger partial charge is 0.410 e. The molecule has 3 aliphatic rings. The van der Waals surface area contributed by atoms with Crippen molar-refractivity contribution in [3.8, 4) is 11.1 Å². The molecule has 0 saturated carbocycles. The Kier molecular flexibility index (Phi) is 16.3. The Balaban J connectivity index is 0.000000211. The number of benzene rings is 2. The van der Waals surface area contributed by atoms with E-state index in [-0.39, 0.29) is 49.1 Å². The fourth-order valence-electron chi connectivity index (χ4n) is 9.72. The summed E-state index contributed by atoms with van der Waals surface area (Å²) in [6.45, 7) is 10.0. The van der Waals surface area contributed by atoms with Crippen LogP contribution in [0, 0.1) is 10.8 Å². The van der Waals surface area contributed by atoms with Gasteiger partial charge in [0.25, 0.3) is 11.8 Å². The van der Waals surface area contributed by atoms with Crippen molar-refractivity contribution >= 4 is 63.8 Å². The number of amides is 1. The van der Waals surface area contributed by atoms with E-state index in [0.717, 1.165) is 82.1 Å². The van der Waals surface area contributed by atoms with Gasteiger partial charge in [-0.15, -0.1) is 22.7 Å². The molecule has 1 amide bonds.